The van der Waals surface area contributed by atoms with Crippen LogP contribution in [-0.2, 0) is 4.74 Å². The molecule has 2 atom stereocenters. The van der Waals surface area contributed by atoms with Crippen LogP contribution < -0.4 is 10.1 Å². The molecule has 1 aromatic rings. The Hall–Kier alpha value is -1.59. The minimum Gasteiger partial charge on any atom is -0.491 e. The summed E-state index contributed by atoms with van der Waals surface area (Å²) < 4.78 is 11.0. The first-order chi connectivity index (χ1) is 9.66. The van der Waals surface area contributed by atoms with Crippen molar-refractivity contribution in [1.82, 2.24) is 5.32 Å². The summed E-state index contributed by atoms with van der Waals surface area (Å²) in [6.45, 7) is 4.02. The van der Waals surface area contributed by atoms with Crippen LogP contribution in [0.5, 0.6) is 5.75 Å². The molecule has 2 rings (SSSR count). The molecule has 1 aromatic carbocycles. The minimum atomic E-state index is -0.966. The van der Waals surface area contributed by atoms with Gasteiger partial charge in [0, 0.05) is 19.2 Å². The van der Waals surface area contributed by atoms with Crippen LogP contribution in [0.1, 0.15) is 30.1 Å². The Morgan fingerprint density at radius 3 is 3.05 bits per heavy atom. The Balaban J connectivity index is 1.74. The largest absolute Gasteiger partial charge is 0.491 e. The summed E-state index contributed by atoms with van der Waals surface area (Å²) in [4.78, 5) is 11.0. The van der Waals surface area contributed by atoms with Crippen molar-refractivity contribution in [1.29, 1.82) is 0 Å². The highest BCUT2D eigenvalue weighted by Crippen LogP contribution is 2.17. The van der Waals surface area contributed by atoms with Crippen LogP contribution in [0.25, 0.3) is 0 Å². The Morgan fingerprint density at radius 1 is 1.50 bits per heavy atom. The fourth-order valence-electron chi connectivity index (χ4n) is 2.38. The molecule has 0 aromatic heterocycles. The Bertz CT molecular complexity index is 449. The molecular formula is C15H21NO4. The number of rotatable bonds is 6. The molecule has 5 heteroatoms. The van der Waals surface area contributed by atoms with E-state index in [1.165, 1.54) is 0 Å². The van der Waals surface area contributed by atoms with Gasteiger partial charge in [0.05, 0.1) is 6.10 Å². The summed E-state index contributed by atoms with van der Waals surface area (Å²) >= 11 is 0. The molecule has 5 nitrogen and oxygen atoms in total. The monoisotopic (exact) mass is 279 g/mol. The van der Waals surface area contributed by atoms with Gasteiger partial charge in [-0.15, -0.1) is 0 Å². The normalized spacial score (nSPS) is 22.4. The van der Waals surface area contributed by atoms with E-state index in [9.17, 15) is 4.79 Å². The molecule has 110 valence electrons. The third-order valence-electron chi connectivity index (χ3n) is 3.40. The first kappa shape index (κ1) is 14.8. The Kier molecular flexibility index (Phi) is 5.38. The predicted molar refractivity (Wildman–Crippen MR) is 75.3 cm³/mol. The van der Waals surface area contributed by atoms with Gasteiger partial charge in [0.1, 0.15) is 17.9 Å². The van der Waals surface area contributed by atoms with Crippen LogP contribution in [0.3, 0.4) is 0 Å². The molecule has 2 unspecified atom stereocenters. The molecule has 20 heavy (non-hydrogen) atoms. The Morgan fingerprint density at radius 2 is 2.30 bits per heavy atom. The van der Waals surface area contributed by atoms with E-state index in [4.69, 9.17) is 14.6 Å². The quantitative estimate of drug-likeness (QED) is 0.779. The summed E-state index contributed by atoms with van der Waals surface area (Å²) in [5.41, 5.74) is 0.201. The fraction of sp³-hybridized carbons (Fsp3) is 0.533. The van der Waals surface area contributed by atoms with Gasteiger partial charge < -0.3 is 19.9 Å². The van der Waals surface area contributed by atoms with Crippen molar-refractivity contribution in [3.63, 3.8) is 0 Å². The van der Waals surface area contributed by atoms with E-state index in [0.29, 0.717) is 31.0 Å². The zero-order valence-corrected chi connectivity index (χ0v) is 11.7. The van der Waals surface area contributed by atoms with E-state index in [-0.39, 0.29) is 5.56 Å². The number of hydrogen-bond donors (Lipinski definition) is 2. The number of ether oxygens (including phenoxy) is 2. The molecule has 0 aliphatic carbocycles. The molecule has 1 fully saturated rings. The van der Waals surface area contributed by atoms with Crippen LogP contribution in [0, 0.1) is 0 Å². The van der Waals surface area contributed by atoms with Gasteiger partial charge in [0.25, 0.3) is 0 Å². The molecule has 1 aliphatic heterocycles. The second kappa shape index (κ2) is 7.26. The average molecular weight is 279 g/mol. The number of carbonyl (C=O) groups is 1. The van der Waals surface area contributed by atoms with Crippen molar-refractivity contribution >= 4 is 5.97 Å². The summed E-state index contributed by atoms with van der Waals surface area (Å²) in [6.07, 6.45) is 2.32. The highest BCUT2D eigenvalue weighted by Gasteiger charge is 2.18. The number of aromatic carboxylic acids is 1. The lowest BCUT2D eigenvalue weighted by molar-refractivity contribution is 0.0129. The zero-order valence-electron chi connectivity index (χ0n) is 11.7. The van der Waals surface area contributed by atoms with E-state index in [1.54, 1.807) is 24.3 Å². The van der Waals surface area contributed by atoms with Crippen LogP contribution >= 0.6 is 0 Å². The number of carboxylic acids is 1. The van der Waals surface area contributed by atoms with Crippen LogP contribution in [0.2, 0.25) is 0 Å². The van der Waals surface area contributed by atoms with E-state index in [2.05, 4.69) is 12.2 Å². The first-order valence-corrected chi connectivity index (χ1v) is 6.97. The van der Waals surface area contributed by atoms with Crippen molar-refractivity contribution in [2.45, 2.75) is 31.9 Å². The third kappa shape index (κ3) is 4.21. The Labute approximate surface area is 118 Å². The van der Waals surface area contributed by atoms with E-state index >= 15 is 0 Å². The topological polar surface area (TPSA) is 67.8 Å². The number of hydrogen-bond acceptors (Lipinski definition) is 4. The molecule has 0 radical (unpaired) electrons. The third-order valence-corrected chi connectivity index (χ3v) is 3.40. The minimum absolute atomic E-state index is 0.201. The van der Waals surface area contributed by atoms with E-state index in [1.807, 2.05) is 0 Å². The second-order valence-corrected chi connectivity index (χ2v) is 5.01. The highest BCUT2D eigenvalue weighted by atomic mass is 16.5. The molecule has 1 aliphatic rings. The molecule has 1 saturated heterocycles. The lowest BCUT2D eigenvalue weighted by Crippen LogP contribution is -2.39. The SMILES string of the molecule is CC1CC(NCCOc2ccccc2C(=O)O)CCO1. The van der Waals surface area contributed by atoms with Crippen molar-refractivity contribution in [3.8, 4) is 5.75 Å². The summed E-state index contributed by atoms with van der Waals surface area (Å²) in [7, 11) is 0. The number of carboxylic acid groups (broad SMARTS) is 1. The molecule has 0 spiro atoms. The van der Waals surface area contributed by atoms with Crippen LogP contribution in [-0.4, -0.2) is 43.0 Å². The van der Waals surface area contributed by atoms with Crippen LogP contribution in [0.4, 0.5) is 0 Å². The van der Waals surface area contributed by atoms with Gasteiger partial charge >= 0.3 is 5.97 Å². The van der Waals surface area contributed by atoms with Crippen molar-refractivity contribution in [2.75, 3.05) is 19.8 Å². The molecule has 0 bridgehead atoms. The van der Waals surface area contributed by atoms with Crippen LogP contribution in [0.15, 0.2) is 24.3 Å². The van der Waals surface area contributed by atoms with Crippen molar-refractivity contribution in [3.05, 3.63) is 29.8 Å². The lowest BCUT2D eigenvalue weighted by atomic mass is 10.0. The van der Waals surface area contributed by atoms with E-state index in [0.717, 1.165) is 19.4 Å². The van der Waals surface area contributed by atoms with Crippen molar-refractivity contribution < 1.29 is 19.4 Å². The molecular weight excluding hydrogens is 258 g/mol. The maximum Gasteiger partial charge on any atom is 0.339 e. The van der Waals surface area contributed by atoms with Gasteiger partial charge in [-0.25, -0.2) is 4.79 Å². The molecule has 1 heterocycles. The zero-order chi connectivity index (χ0) is 14.4. The maximum absolute atomic E-state index is 11.0. The van der Waals surface area contributed by atoms with Gasteiger partial charge in [0.15, 0.2) is 0 Å². The molecule has 0 saturated carbocycles. The van der Waals surface area contributed by atoms with Gasteiger partial charge in [-0.3, -0.25) is 0 Å². The van der Waals surface area contributed by atoms with Crippen molar-refractivity contribution in [2.24, 2.45) is 0 Å². The summed E-state index contributed by atoms with van der Waals surface area (Å²) in [5, 5.41) is 12.5. The second-order valence-electron chi connectivity index (χ2n) is 5.01. The van der Waals surface area contributed by atoms with Gasteiger partial charge in [-0.2, -0.15) is 0 Å². The lowest BCUT2D eigenvalue weighted by Gasteiger charge is -2.28. The number of nitrogens with one attached hydrogen (secondary N) is 1. The molecule has 2 N–H and O–H groups in total. The predicted octanol–water partition coefficient (Wildman–Crippen LogP) is 1.92. The van der Waals surface area contributed by atoms with Gasteiger partial charge in [-0.05, 0) is 31.9 Å². The summed E-state index contributed by atoms with van der Waals surface area (Å²) in [5.74, 6) is -0.547. The number of para-hydroxylation sites is 1. The number of benzene rings is 1. The first-order valence-electron chi connectivity index (χ1n) is 6.97. The standard InChI is InChI=1S/C15H21NO4/c1-11-10-12(6-8-19-11)16-7-9-20-14-5-3-2-4-13(14)15(17)18/h2-5,11-12,16H,6-10H2,1H3,(H,17,18). The molecule has 0 amide bonds. The highest BCUT2D eigenvalue weighted by molar-refractivity contribution is 5.90. The van der Waals surface area contributed by atoms with Gasteiger partial charge in [-0.1, -0.05) is 12.1 Å². The smallest absolute Gasteiger partial charge is 0.339 e. The maximum atomic E-state index is 11.0. The van der Waals surface area contributed by atoms with Gasteiger partial charge in [0.2, 0.25) is 0 Å². The summed E-state index contributed by atoms with van der Waals surface area (Å²) in [6, 6.07) is 7.15. The fourth-order valence-corrected chi connectivity index (χ4v) is 2.38. The average Bonchev–Trinajstić information content (AvgIpc) is 2.44. The van der Waals surface area contributed by atoms with E-state index < -0.39 is 5.97 Å².